The van der Waals surface area contributed by atoms with Gasteiger partial charge in [0.05, 0.1) is 0 Å². The van der Waals surface area contributed by atoms with E-state index in [1.807, 2.05) is 47.5 Å². The predicted octanol–water partition coefficient (Wildman–Crippen LogP) is 3.12. The zero-order valence-electron chi connectivity index (χ0n) is 15.6. The van der Waals surface area contributed by atoms with Crippen molar-refractivity contribution in [3.05, 3.63) is 52.7 Å². The summed E-state index contributed by atoms with van der Waals surface area (Å²) in [5.41, 5.74) is 0.833. The van der Waals surface area contributed by atoms with Crippen molar-refractivity contribution in [1.29, 1.82) is 0 Å². The molecule has 1 aliphatic rings. The van der Waals surface area contributed by atoms with Crippen LogP contribution in [0.3, 0.4) is 0 Å². The van der Waals surface area contributed by atoms with Gasteiger partial charge in [0.2, 0.25) is 17.6 Å². The number of carbonyl (C=O) groups is 1. The molecule has 144 valence electrons. The fourth-order valence-electron chi connectivity index (χ4n) is 3.02. The largest absolute Gasteiger partial charge is 0.353 e. The second-order valence-corrected chi connectivity index (χ2v) is 7.41. The number of thiophene rings is 1. The number of hydrogen-bond donors (Lipinski definition) is 0. The van der Waals surface area contributed by atoms with Crippen molar-refractivity contribution in [1.82, 2.24) is 20.0 Å². The monoisotopic (exact) mass is 395 g/mol. The molecule has 28 heavy (non-hydrogen) atoms. The molecule has 0 aromatic carbocycles. The number of amides is 1. The van der Waals surface area contributed by atoms with E-state index in [1.54, 1.807) is 23.6 Å². The molecule has 1 saturated heterocycles. The standard InChI is InChI=1S/C20H21N5O2S/c1-2-18-22-20(23-27-18)15-5-7-17(21-14-15)24-9-11-25(12-10-24)19(26)8-6-16-4-3-13-28-16/h3-8,13-14H,2,9-12H2,1H3. The van der Waals surface area contributed by atoms with Gasteiger partial charge in [-0.1, -0.05) is 18.1 Å². The third kappa shape index (κ3) is 4.12. The van der Waals surface area contributed by atoms with E-state index in [-0.39, 0.29) is 5.91 Å². The van der Waals surface area contributed by atoms with E-state index >= 15 is 0 Å². The van der Waals surface area contributed by atoms with E-state index in [9.17, 15) is 4.79 Å². The van der Waals surface area contributed by atoms with Gasteiger partial charge in [-0.15, -0.1) is 11.3 Å². The van der Waals surface area contributed by atoms with E-state index in [1.165, 1.54) is 0 Å². The van der Waals surface area contributed by atoms with E-state index in [0.29, 0.717) is 31.2 Å². The lowest BCUT2D eigenvalue weighted by atomic mass is 10.2. The number of aromatic nitrogens is 3. The third-order valence-corrected chi connectivity index (χ3v) is 5.46. The molecule has 0 N–H and O–H groups in total. The van der Waals surface area contributed by atoms with Gasteiger partial charge in [0.15, 0.2) is 0 Å². The quantitative estimate of drug-likeness (QED) is 0.618. The SMILES string of the molecule is CCc1nc(-c2ccc(N3CCN(C(=O)C=Cc4cccs4)CC3)nc2)no1. The van der Waals surface area contributed by atoms with Crippen LogP contribution in [0.5, 0.6) is 0 Å². The van der Waals surface area contributed by atoms with Crippen molar-refractivity contribution in [3.63, 3.8) is 0 Å². The van der Waals surface area contributed by atoms with Gasteiger partial charge < -0.3 is 14.3 Å². The van der Waals surface area contributed by atoms with E-state index in [4.69, 9.17) is 4.52 Å². The van der Waals surface area contributed by atoms with Gasteiger partial charge >= 0.3 is 0 Å². The summed E-state index contributed by atoms with van der Waals surface area (Å²) in [4.78, 5) is 26.4. The minimum Gasteiger partial charge on any atom is -0.353 e. The summed E-state index contributed by atoms with van der Waals surface area (Å²) < 4.78 is 5.15. The molecule has 3 aromatic heterocycles. The van der Waals surface area contributed by atoms with Crippen LogP contribution in [0.1, 0.15) is 17.7 Å². The maximum absolute atomic E-state index is 12.4. The Kier molecular flexibility index (Phi) is 5.48. The third-order valence-electron chi connectivity index (χ3n) is 4.63. The van der Waals surface area contributed by atoms with Crippen molar-refractivity contribution in [2.24, 2.45) is 0 Å². The fourth-order valence-corrected chi connectivity index (χ4v) is 3.64. The Balaban J connectivity index is 1.34. The zero-order valence-corrected chi connectivity index (χ0v) is 16.4. The topological polar surface area (TPSA) is 75.4 Å². The minimum absolute atomic E-state index is 0.0557. The van der Waals surface area contributed by atoms with Gasteiger partial charge in [-0.2, -0.15) is 4.98 Å². The molecule has 4 heterocycles. The molecular formula is C20H21N5O2S. The Morgan fingerprint density at radius 2 is 2.11 bits per heavy atom. The molecule has 4 rings (SSSR count). The van der Waals surface area contributed by atoms with E-state index in [0.717, 1.165) is 29.3 Å². The van der Waals surface area contributed by atoms with Crippen molar-refractivity contribution in [2.75, 3.05) is 31.1 Å². The van der Waals surface area contributed by atoms with Crippen molar-refractivity contribution >= 4 is 29.1 Å². The molecule has 1 amide bonds. The van der Waals surface area contributed by atoms with Crippen LogP contribution >= 0.6 is 11.3 Å². The van der Waals surface area contributed by atoms with Gasteiger partial charge in [-0.05, 0) is 29.7 Å². The second-order valence-electron chi connectivity index (χ2n) is 6.43. The Morgan fingerprint density at radius 3 is 2.75 bits per heavy atom. The Morgan fingerprint density at radius 1 is 1.25 bits per heavy atom. The second kappa shape index (κ2) is 8.35. The summed E-state index contributed by atoms with van der Waals surface area (Å²) in [6.07, 6.45) is 6.01. The number of carbonyl (C=O) groups excluding carboxylic acids is 1. The molecule has 0 atom stereocenters. The van der Waals surface area contributed by atoms with Crippen molar-refractivity contribution < 1.29 is 9.32 Å². The average Bonchev–Trinajstić information content (AvgIpc) is 3.44. The summed E-state index contributed by atoms with van der Waals surface area (Å²) in [5, 5.41) is 5.98. The summed E-state index contributed by atoms with van der Waals surface area (Å²) in [5.74, 6) is 2.13. The van der Waals surface area contributed by atoms with Crippen molar-refractivity contribution in [3.8, 4) is 11.4 Å². The van der Waals surface area contributed by atoms with E-state index < -0.39 is 0 Å². The van der Waals surface area contributed by atoms with Gasteiger partial charge in [0.1, 0.15) is 5.82 Å². The first-order chi connectivity index (χ1) is 13.7. The summed E-state index contributed by atoms with van der Waals surface area (Å²) in [6, 6.07) is 7.89. The summed E-state index contributed by atoms with van der Waals surface area (Å²) in [6.45, 7) is 4.85. The molecule has 8 heteroatoms. The van der Waals surface area contributed by atoms with E-state index in [2.05, 4.69) is 20.0 Å². The smallest absolute Gasteiger partial charge is 0.246 e. The lowest BCUT2D eigenvalue weighted by molar-refractivity contribution is -0.126. The molecule has 0 bridgehead atoms. The van der Waals surface area contributed by atoms with Crippen LogP contribution in [0.2, 0.25) is 0 Å². The number of piperazine rings is 1. The number of anilines is 1. The minimum atomic E-state index is 0.0557. The van der Waals surface area contributed by atoms with Crippen LogP contribution in [-0.4, -0.2) is 52.1 Å². The molecule has 3 aromatic rings. The Bertz CT molecular complexity index is 941. The molecule has 0 saturated carbocycles. The molecule has 0 radical (unpaired) electrons. The van der Waals surface area contributed by atoms with Crippen LogP contribution < -0.4 is 4.90 Å². The number of aryl methyl sites for hydroxylation is 1. The molecule has 1 fully saturated rings. The first kappa shape index (κ1) is 18.4. The van der Waals surface area contributed by atoms with Gasteiger partial charge in [0.25, 0.3) is 0 Å². The Labute approximate surface area is 167 Å². The number of pyridine rings is 1. The maximum Gasteiger partial charge on any atom is 0.246 e. The molecular weight excluding hydrogens is 374 g/mol. The van der Waals surface area contributed by atoms with Crippen LogP contribution in [0.4, 0.5) is 5.82 Å². The van der Waals surface area contributed by atoms with Gasteiger partial charge in [-0.3, -0.25) is 4.79 Å². The highest BCUT2D eigenvalue weighted by Gasteiger charge is 2.20. The highest BCUT2D eigenvalue weighted by Crippen LogP contribution is 2.20. The first-order valence-corrected chi connectivity index (χ1v) is 10.2. The van der Waals surface area contributed by atoms with Gasteiger partial charge in [-0.25, -0.2) is 4.98 Å². The highest BCUT2D eigenvalue weighted by atomic mass is 32.1. The summed E-state index contributed by atoms with van der Waals surface area (Å²) in [7, 11) is 0. The molecule has 0 aliphatic carbocycles. The average molecular weight is 395 g/mol. The maximum atomic E-state index is 12.4. The van der Waals surface area contributed by atoms with Crippen LogP contribution in [0.25, 0.3) is 17.5 Å². The van der Waals surface area contributed by atoms with Crippen LogP contribution in [0.15, 0.2) is 46.4 Å². The lowest BCUT2D eigenvalue weighted by Crippen LogP contribution is -2.48. The first-order valence-electron chi connectivity index (χ1n) is 9.27. The molecule has 0 unspecified atom stereocenters. The molecule has 0 spiro atoms. The van der Waals surface area contributed by atoms with Crippen LogP contribution in [-0.2, 0) is 11.2 Å². The van der Waals surface area contributed by atoms with Gasteiger partial charge in [0, 0.05) is 55.3 Å². The lowest BCUT2D eigenvalue weighted by Gasteiger charge is -2.35. The Hall–Kier alpha value is -3.00. The number of rotatable bonds is 5. The van der Waals surface area contributed by atoms with Crippen molar-refractivity contribution in [2.45, 2.75) is 13.3 Å². The number of nitrogens with zero attached hydrogens (tertiary/aromatic N) is 5. The molecule has 1 aliphatic heterocycles. The normalized spacial score (nSPS) is 14.8. The highest BCUT2D eigenvalue weighted by molar-refractivity contribution is 7.10. The zero-order chi connectivity index (χ0) is 19.3. The predicted molar refractivity (Wildman–Crippen MR) is 109 cm³/mol. The summed E-state index contributed by atoms with van der Waals surface area (Å²) >= 11 is 1.62. The van der Waals surface area contributed by atoms with Crippen LogP contribution in [0, 0.1) is 0 Å². The number of hydrogen-bond acceptors (Lipinski definition) is 7. The molecule has 7 nitrogen and oxygen atoms in total. The fraction of sp³-hybridized carbons (Fsp3) is 0.300.